The first-order valence-electron chi connectivity index (χ1n) is 6.18. The molecule has 0 fully saturated rings. The zero-order chi connectivity index (χ0) is 14.6. The van der Waals surface area contributed by atoms with Crippen LogP contribution in [0.2, 0.25) is 0 Å². The number of hydrogen-bond acceptors (Lipinski definition) is 4. The number of hydrogen-bond donors (Lipinski definition) is 1. The van der Waals surface area contributed by atoms with Crippen LogP contribution in [-0.4, -0.2) is 19.6 Å². The van der Waals surface area contributed by atoms with Gasteiger partial charge in [0, 0.05) is 6.54 Å². The Hall–Kier alpha value is -1.72. The van der Waals surface area contributed by atoms with Crippen molar-refractivity contribution in [2.75, 3.05) is 13.7 Å². The fraction of sp³-hybridized carbons (Fsp3) is 0.267. The molecule has 2 N–H and O–H groups in total. The van der Waals surface area contributed by atoms with Crippen LogP contribution in [0.25, 0.3) is 0 Å². The zero-order valence-corrected chi connectivity index (χ0v) is 12.0. The van der Waals surface area contributed by atoms with Crippen LogP contribution in [-0.2, 0) is 21.4 Å². The van der Waals surface area contributed by atoms with E-state index in [4.69, 9.17) is 10.5 Å². The summed E-state index contributed by atoms with van der Waals surface area (Å²) in [6, 6.07) is 7.89. The number of nitrogens with two attached hydrogens (primary N) is 1. The van der Waals surface area contributed by atoms with Crippen molar-refractivity contribution >= 4 is 17.3 Å². The van der Waals surface area contributed by atoms with E-state index in [2.05, 4.69) is 0 Å². The fourth-order valence-electron chi connectivity index (χ4n) is 2.29. The van der Waals surface area contributed by atoms with E-state index in [1.165, 1.54) is 19.2 Å². The van der Waals surface area contributed by atoms with Gasteiger partial charge < -0.3 is 10.5 Å². The molecule has 106 valence electrons. The largest absolute Gasteiger partial charge is 0.468 e. The molecular weight excluding hydrogens is 277 g/mol. The number of halogens is 1. The quantitative estimate of drug-likeness (QED) is 0.862. The van der Waals surface area contributed by atoms with E-state index in [-0.39, 0.29) is 6.54 Å². The molecular formula is C15H16FNO2S. The topological polar surface area (TPSA) is 52.3 Å². The van der Waals surface area contributed by atoms with E-state index in [0.717, 1.165) is 5.56 Å². The average Bonchev–Trinajstić information content (AvgIpc) is 2.96. The minimum Gasteiger partial charge on any atom is -0.468 e. The highest BCUT2D eigenvalue weighted by Gasteiger charge is 2.40. The van der Waals surface area contributed by atoms with Crippen LogP contribution in [0, 0.1) is 5.82 Å². The number of thiophene rings is 1. The van der Waals surface area contributed by atoms with Crippen molar-refractivity contribution < 1.29 is 13.9 Å². The lowest BCUT2D eigenvalue weighted by molar-refractivity contribution is -0.147. The molecule has 1 aromatic carbocycles. The Morgan fingerprint density at radius 2 is 2.25 bits per heavy atom. The second-order valence-electron chi connectivity index (χ2n) is 4.60. The molecule has 1 atom stereocenters. The van der Waals surface area contributed by atoms with Gasteiger partial charge in [0.05, 0.1) is 7.11 Å². The first kappa shape index (κ1) is 14.7. The van der Waals surface area contributed by atoms with Crippen LogP contribution in [0.3, 0.4) is 0 Å². The van der Waals surface area contributed by atoms with Crippen molar-refractivity contribution in [3.8, 4) is 0 Å². The lowest BCUT2D eigenvalue weighted by atomic mass is 9.76. The monoisotopic (exact) mass is 293 g/mol. The zero-order valence-electron chi connectivity index (χ0n) is 11.1. The molecule has 0 saturated heterocycles. The molecule has 0 aliphatic rings. The van der Waals surface area contributed by atoms with Crippen molar-refractivity contribution in [3.63, 3.8) is 0 Å². The second-order valence-corrected chi connectivity index (χ2v) is 5.38. The number of ether oxygens (including phenoxy) is 1. The summed E-state index contributed by atoms with van der Waals surface area (Å²) in [5.41, 5.74) is 6.33. The molecule has 20 heavy (non-hydrogen) atoms. The van der Waals surface area contributed by atoms with Gasteiger partial charge in [0.2, 0.25) is 0 Å². The molecule has 1 heterocycles. The van der Waals surface area contributed by atoms with Crippen molar-refractivity contribution in [3.05, 3.63) is 58.0 Å². The Labute approximate surface area is 121 Å². The van der Waals surface area contributed by atoms with Crippen LogP contribution >= 0.6 is 11.3 Å². The fourth-order valence-corrected chi connectivity index (χ4v) is 2.96. The Balaban J connectivity index is 2.49. The maximum absolute atomic E-state index is 13.5. The van der Waals surface area contributed by atoms with Gasteiger partial charge in [-0.05, 0) is 46.5 Å². The van der Waals surface area contributed by atoms with Crippen LogP contribution in [0.15, 0.2) is 41.1 Å². The first-order chi connectivity index (χ1) is 9.62. The summed E-state index contributed by atoms with van der Waals surface area (Å²) in [4.78, 5) is 12.3. The van der Waals surface area contributed by atoms with Crippen molar-refractivity contribution in [1.29, 1.82) is 0 Å². The molecule has 0 bridgehead atoms. The van der Waals surface area contributed by atoms with Crippen molar-refractivity contribution in [2.45, 2.75) is 11.8 Å². The lowest BCUT2D eigenvalue weighted by Gasteiger charge is -2.30. The minimum absolute atomic E-state index is 0.0545. The molecule has 0 saturated carbocycles. The first-order valence-corrected chi connectivity index (χ1v) is 7.12. The third kappa shape index (κ3) is 2.73. The molecule has 0 aliphatic heterocycles. The third-order valence-electron chi connectivity index (χ3n) is 3.39. The third-order valence-corrected chi connectivity index (χ3v) is 4.12. The maximum atomic E-state index is 13.5. The number of carbonyl (C=O) groups is 1. The second kappa shape index (κ2) is 6.15. The molecule has 3 nitrogen and oxygen atoms in total. The van der Waals surface area contributed by atoms with Gasteiger partial charge in [-0.25, -0.2) is 4.39 Å². The predicted octanol–water partition coefficient (Wildman–Crippen LogP) is 2.50. The van der Waals surface area contributed by atoms with Gasteiger partial charge in [-0.1, -0.05) is 12.1 Å². The summed E-state index contributed by atoms with van der Waals surface area (Å²) in [7, 11) is 1.32. The Morgan fingerprint density at radius 1 is 1.45 bits per heavy atom. The summed E-state index contributed by atoms with van der Waals surface area (Å²) in [6.45, 7) is 0.0545. The van der Waals surface area contributed by atoms with Crippen LogP contribution < -0.4 is 5.73 Å². The highest BCUT2D eigenvalue weighted by atomic mass is 32.1. The van der Waals surface area contributed by atoms with Gasteiger partial charge in [-0.15, -0.1) is 0 Å². The van der Waals surface area contributed by atoms with E-state index in [1.807, 2.05) is 16.8 Å². The smallest absolute Gasteiger partial charge is 0.317 e. The normalized spacial score (nSPS) is 13.8. The standard InChI is InChI=1S/C15H16FNO2S/c1-19-14(18)15(10-17,8-11-5-6-20-9-11)12-3-2-4-13(16)7-12/h2-7,9H,8,10,17H2,1H3. The number of carbonyl (C=O) groups excluding carboxylic acids is 1. The Morgan fingerprint density at radius 3 is 2.80 bits per heavy atom. The van der Waals surface area contributed by atoms with Gasteiger partial charge in [-0.3, -0.25) is 4.79 Å². The van der Waals surface area contributed by atoms with E-state index < -0.39 is 17.2 Å². The lowest BCUT2D eigenvalue weighted by Crippen LogP contribution is -2.45. The summed E-state index contributed by atoms with van der Waals surface area (Å²) >= 11 is 1.54. The van der Waals surface area contributed by atoms with Crippen LogP contribution in [0.5, 0.6) is 0 Å². The summed E-state index contributed by atoms with van der Waals surface area (Å²) in [6.07, 6.45) is 0.392. The van der Waals surface area contributed by atoms with Crippen molar-refractivity contribution in [2.24, 2.45) is 5.73 Å². The maximum Gasteiger partial charge on any atom is 0.317 e. The minimum atomic E-state index is -1.06. The number of methoxy groups -OCH3 is 1. The highest BCUT2D eigenvalue weighted by molar-refractivity contribution is 7.07. The molecule has 0 amide bonds. The molecule has 0 aliphatic carbocycles. The predicted molar refractivity (Wildman–Crippen MR) is 77.2 cm³/mol. The van der Waals surface area contributed by atoms with Gasteiger partial charge >= 0.3 is 5.97 Å². The molecule has 5 heteroatoms. The Kier molecular flexibility index (Phi) is 4.52. The van der Waals surface area contributed by atoms with Gasteiger partial charge in [-0.2, -0.15) is 11.3 Å². The van der Waals surface area contributed by atoms with E-state index in [1.54, 1.807) is 23.5 Å². The molecule has 2 rings (SSSR count). The molecule has 0 spiro atoms. The molecule has 1 aromatic heterocycles. The van der Waals surface area contributed by atoms with Gasteiger partial charge in [0.15, 0.2) is 0 Å². The summed E-state index contributed by atoms with van der Waals surface area (Å²) < 4.78 is 18.4. The number of esters is 1. The average molecular weight is 293 g/mol. The molecule has 0 radical (unpaired) electrons. The molecule has 1 unspecified atom stereocenters. The van der Waals surface area contributed by atoms with Crippen LogP contribution in [0.1, 0.15) is 11.1 Å². The summed E-state index contributed by atoms with van der Waals surface area (Å²) in [5.74, 6) is -0.841. The molecule has 2 aromatic rings. The summed E-state index contributed by atoms with van der Waals surface area (Å²) in [5, 5.41) is 3.88. The van der Waals surface area contributed by atoms with E-state index in [9.17, 15) is 9.18 Å². The number of rotatable bonds is 5. The van der Waals surface area contributed by atoms with E-state index in [0.29, 0.717) is 12.0 Å². The Bertz CT molecular complexity index is 585. The van der Waals surface area contributed by atoms with Gasteiger partial charge in [0.25, 0.3) is 0 Å². The van der Waals surface area contributed by atoms with E-state index >= 15 is 0 Å². The SMILES string of the molecule is COC(=O)C(CN)(Cc1ccsc1)c1cccc(F)c1. The highest BCUT2D eigenvalue weighted by Crippen LogP contribution is 2.30. The van der Waals surface area contributed by atoms with Gasteiger partial charge in [0.1, 0.15) is 11.2 Å². The van der Waals surface area contributed by atoms with Crippen molar-refractivity contribution in [1.82, 2.24) is 0 Å². The number of benzene rings is 1. The van der Waals surface area contributed by atoms with Crippen LogP contribution in [0.4, 0.5) is 4.39 Å².